The molecule has 1 N–H and O–H groups in total. The van der Waals surface area contributed by atoms with Crippen molar-refractivity contribution in [1.82, 2.24) is 5.32 Å². The van der Waals surface area contributed by atoms with Gasteiger partial charge in [-0.3, -0.25) is 0 Å². The van der Waals surface area contributed by atoms with E-state index in [1.165, 1.54) is 44.9 Å². The summed E-state index contributed by atoms with van der Waals surface area (Å²) >= 11 is 0. The summed E-state index contributed by atoms with van der Waals surface area (Å²) < 4.78 is 5.92. The van der Waals surface area contributed by atoms with E-state index in [0.29, 0.717) is 12.1 Å². The molecule has 0 aromatic carbocycles. The summed E-state index contributed by atoms with van der Waals surface area (Å²) in [5.74, 6) is 0. The van der Waals surface area contributed by atoms with Crippen LogP contribution in [-0.2, 0) is 4.74 Å². The second-order valence-electron chi connectivity index (χ2n) is 4.62. The highest BCUT2D eigenvalue weighted by Crippen LogP contribution is 2.21. The molecule has 1 saturated carbocycles. The van der Waals surface area contributed by atoms with Gasteiger partial charge in [-0.05, 0) is 38.6 Å². The maximum absolute atomic E-state index is 5.92. The van der Waals surface area contributed by atoms with Gasteiger partial charge in [0, 0.05) is 12.6 Å². The Hall–Kier alpha value is -0.0800. The van der Waals surface area contributed by atoms with E-state index in [2.05, 4.69) is 19.2 Å². The topological polar surface area (TPSA) is 21.3 Å². The second kappa shape index (κ2) is 8.12. The average Bonchev–Trinajstić information content (AvgIpc) is 2.26. The molecule has 0 bridgehead atoms. The monoisotopic (exact) mass is 213 g/mol. The number of hydrogen-bond acceptors (Lipinski definition) is 2. The lowest BCUT2D eigenvalue weighted by atomic mass is 9.93. The first kappa shape index (κ1) is 13.0. The van der Waals surface area contributed by atoms with Gasteiger partial charge < -0.3 is 10.1 Å². The van der Waals surface area contributed by atoms with Crippen molar-refractivity contribution in [2.45, 2.75) is 70.9 Å². The SMILES string of the molecule is CCCCCOC1CCCC(NCC)C1. The van der Waals surface area contributed by atoms with Crippen LogP contribution in [0.3, 0.4) is 0 Å². The molecular formula is C13H27NO. The summed E-state index contributed by atoms with van der Waals surface area (Å²) in [5, 5.41) is 3.54. The standard InChI is InChI=1S/C13H27NO/c1-3-5-6-10-15-13-9-7-8-12(11-13)14-4-2/h12-14H,3-11H2,1-2H3. The van der Waals surface area contributed by atoms with Crippen LogP contribution in [0.4, 0.5) is 0 Å². The van der Waals surface area contributed by atoms with Crippen molar-refractivity contribution in [2.24, 2.45) is 0 Å². The Bertz CT molecular complexity index is 147. The Morgan fingerprint density at radius 3 is 2.80 bits per heavy atom. The Labute approximate surface area is 94.8 Å². The Balaban J connectivity index is 2.07. The number of hydrogen-bond donors (Lipinski definition) is 1. The summed E-state index contributed by atoms with van der Waals surface area (Å²) in [4.78, 5) is 0. The Kier molecular flexibility index (Phi) is 7.03. The van der Waals surface area contributed by atoms with Crippen LogP contribution in [0.5, 0.6) is 0 Å². The lowest BCUT2D eigenvalue weighted by Crippen LogP contribution is -2.36. The summed E-state index contributed by atoms with van der Waals surface area (Å²) in [6, 6.07) is 0.708. The summed E-state index contributed by atoms with van der Waals surface area (Å²) in [7, 11) is 0. The predicted molar refractivity (Wildman–Crippen MR) is 65.2 cm³/mol. The minimum absolute atomic E-state index is 0.527. The maximum Gasteiger partial charge on any atom is 0.0590 e. The molecule has 0 aromatic rings. The number of nitrogens with one attached hydrogen (secondary N) is 1. The van der Waals surface area contributed by atoms with Crippen LogP contribution in [0.25, 0.3) is 0 Å². The highest BCUT2D eigenvalue weighted by Gasteiger charge is 2.21. The van der Waals surface area contributed by atoms with Crippen molar-refractivity contribution in [2.75, 3.05) is 13.2 Å². The molecule has 1 aliphatic rings. The third-order valence-corrected chi connectivity index (χ3v) is 3.22. The van der Waals surface area contributed by atoms with Crippen LogP contribution < -0.4 is 5.32 Å². The van der Waals surface area contributed by atoms with Crippen LogP contribution in [0.15, 0.2) is 0 Å². The van der Waals surface area contributed by atoms with E-state index in [4.69, 9.17) is 4.74 Å². The minimum atomic E-state index is 0.527. The zero-order chi connectivity index (χ0) is 10.9. The normalized spacial score (nSPS) is 26.8. The van der Waals surface area contributed by atoms with Crippen molar-refractivity contribution in [3.05, 3.63) is 0 Å². The van der Waals surface area contributed by atoms with Crippen molar-refractivity contribution >= 4 is 0 Å². The van der Waals surface area contributed by atoms with Gasteiger partial charge in [-0.15, -0.1) is 0 Å². The van der Waals surface area contributed by atoms with E-state index in [-0.39, 0.29) is 0 Å². The van der Waals surface area contributed by atoms with Gasteiger partial charge in [-0.2, -0.15) is 0 Å². The summed E-state index contributed by atoms with van der Waals surface area (Å²) in [5.41, 5.74) is 0. The fourth-order valence-electron chi connectivity index (χ4n) is 2.37. The molecule has 2 atom stereocenters. The van der Waals surface area contributed by atoms with Gasteiger partial charge in [-0.1, -0.05) is 26.7 Å². The van der Waals surface area contributed by atoms with Crippen LogP contribution >= 0.6 is 0 Å². The van der Waals surface area contributed by atoms with E-state index >= 15 is 0 Å². The summed E-state index contributed by atoms with van der Waals surface area (Å²) in [6.07, 6.45) is 9.52. The smallest absolute Gasteiger partial charge is 0.0590 e. The zero-order valence-corrected chi connectivity index (χ0v) is 10.4. The molecule has 0 spiro atoms. The van der Waals surface area contributed by atoms with E-state index in [0.717, 1.165) is 13.2 Å². The number of unbranched alkanes of at least 4 members (excludes halogenated alkanes) is 2. The van der Waals surface area contributed by atoms with Gasteiger partial charge in [0.15, 0.2) is 0 Å². The van der Waals surface area contributed by atoms with Gasteiger partial charge in [0.05, 0.1) is 6.10 Å². The quantitative estimate of drug-likeness (QED) is 0.656. The largest absolute Gasteiger partial charge is 0.378 e. The minimum Gasteiger partial charge on any atom is -0.378 e. The van der Waals surface area contributed by atoms with Crippen molar-refractivity contribution in [1.29, 1.82) is 0 Å². The fraction of sp³-hybridized carbons (Fsp3) is 1.00. The predicted octanol–water partition coefficient (Wildman–Crippen LogP) is 3.11. The van der Waals surface area contributed by atoms with Gasteiger partial charge >= 0.3 is 0 Å². The summed E-state index contributed by atoms with van der Waals surface area (Å²) in [6.45, 7) is 6.48. The molecule has 1 fully saturated rings. The molecule has 0 saturated heterocycles. The van der Waals surface area contributed by atoms with Crippen molar-refractivity contribution in [3.8, 4) is 0 Å². The van der Waals surface area contributed by atoms with Gasteiger partial charge in [-0.25, -0.2) is 0 Å². The molecule has 1 aliphatic carbocycles. The molecule has 0 heterocycles. The molecule has 0 amide bonds. The average molecular weight is 213 g/mol. The lowest BCUT2D eigenvalue weighted by molar-refractivity contribution is 0.0179. The van der Waals surface area contributed by atoms with Crippen LogP contribution in [-0.4, -0.2) is 25.3 Å². The van der Waals surface area contributed by atoms with Crippen LogP contribution in [0, 0.1) is 0 Å². The Morgan fingerprint density at radius 1 is 1.20 bits per heavy atom. The van der Waals surface area contributed by atoms with E-state index in [1.54, 1.807) is 0 Å². The van der Waals surface area contributed by atoms with Crippen LogP contribution in [0.2, 0.25) is 0 Å². The third-order valence-electron chi connectivity index (χ3n) is 3.22. The first-order chi connectivity index (χ1) is 7.36. The third kappa shape index (κ3) is 5.53. The van der Waals surface area contributed by atoms with Gasteiger partial charge in [0.25, 0.3) is 0 Å². The lowest BCUT2D eigenvalue weighted by Gasteiger charge is -2.29. The highest BCUT2D eigenvalue weighted by atomic mass is 16.5. The molecule has 2 nitrogen and oxygen atoms in total. The molecule has 0 radical (unpaired) electrons. The molecule has 2 unspecified atom stereocenters. The zero-order valence-electron chi connectivity index (χ0n) is 10.4. The van der Waals surface area contributed by atoms with Gasteiger partial charge in [0.1, 0.15) is 0 Å². The highest BCUT2D eigenvalue weighted by molar-refractivity contribution is 4.77. The second-order valence-corrected chi connectivity index (χ2v) is 4.62. The fourth-order valence-corrected chi connectivity index (χ4v) is 2.37. The van der Waals surface area contributed by atoms with Crippen molar-refractivity contribution < 1.29 is 4.74 Å². The van der Waals surface area contributed by atoms with Gasteiger partial charge in [0.2, 0.25) is 0 Å². The first-order valence-corrected chi connectivity index (χ1v) is 6.71. The maximum atomic E-state index is 5.92. The molecule has 1 rings (SSSR count). The number of rotatable bonds is 7. The van der Waals surface area contributed by atoms with E-state index in [1.807, 2.05) is 0 Å². The molecule has 15 heavy (non-hydrogen) atoms. The van der Waals surface area contributed by atoms with Crippen LogP contribution in [0.1, 0.15) is 58.8 Å². The Morgan fingerprint density at radius 2 is 2.07 bits per heavy atom. The molecule has 2 heteroatoms. The van der Waals surface area contributed by atoms with Crippen molar-refractivity contribution in [3.63, 3.8) is 0 Å². The van der Waals surface area contributed by atoms with E-state index < -0.39 is 0 Å². The molecule has 90 valence electrons. The molecule has 0 aromatic heterocycles. The first-order valence-electron chi connectivity index (χ1n) is 6.71. The molecular weight excluding hydrogens is 186 g/mol. The number of ether oxygens (including phenoxy) is 1. The van der Waals surface area contributed by atoms with E-state index in [9.17, 15) is 0 Å². The molecule has 0 aliphatic heterocycles.